The number of alkyl halides is 2. The van der Waals surface area contributed by atoms with Crippen molar-refractivity contribution in [3.63, 3.8) is 0 Å². The lowest BCUT2D eigenvalue weighted by Gasteiger charge is -2.41. The van der Waals surface area contributed by atoms with Gasteiger partial charge >= 0.3 is 0 Å². The van der Waals surface area contributed by atoms with Crippen molar-refractivity contribution in [3.05, 3.63) is 54.4 Å². The smallest absolute Gasteiger partial charge is 0.249 e. The van der Waals surface area contributed by atoms with Crippen molar-refractivity contribution in [2.24, 2.45) is 5.92 Å². The molecule has 2 aromatic heterocycles. The number of rotatable bonds is 5. The van der Waals surface area contributed by atoms with Gasteiger partial charge in [0.15, 0.2) is 0 Å². The number of carbonyl (C=O) groups excluding carboxylic acids is 1. The minimum atomic E-state index is -2.96. The second-order valence-electron chi connectivity index (χ2n) is 11.0. The molecule has 3 fully saturated rings. The van der Waals surface area contributed by atoms with Crippen LogP contribution in [-0.4, -0.2) is 60.7 Å². The molecule has 0 bridgehead atoms. The lowest BCUT2D eigenvalue weighted by molar-refractivity contribution is -0.134. The Morgan fingerprint density at radius 2 is 1.82 bits per heavy atom. The number of benzene rings is 1. The molecule has 3 N–H and O–H groups in total. The maximum absolute atomic E-state index is 14.6. The molecule has 3 heterocycles. The Balaban J connectivity index is 1.36. The monoisotopic (exact) mass is 555 g/mol. The lowest BCUT2D eigenvalue weighted by atomic mass is 9.73. The number of fused-ring (bicyclic) bond motifs is 1. The number of nitrogens with one attached hydrogen (secondary N) is 1. The zero-order valence-electron chi connectivity index (χ0n) is 21.4. The summed E-state index contributed by atoms with van der Waals surface area (Å²) in [6.45, 7) is 1.11. The first kappa shape index (κ1) is 26.0. The molecule has 3 aliphatic rings. The van der Waals surface area contributed by atoms with Crippen molar-refractivity contribution in [1.82, 2.24) is 14.9 Å². The molecule has 1 saturated heterocycles. The van der Waals surface area contributed by atoms with Crippen LogP contribution >= 0.6 is 10.6 Å². The van der Waals surface area contributed by atoms with Crippen molar-refractivity contribution in [1.29, 1.82) is 5.26 Å². The van der Waals surface area contributed by atoms with Crippen molar-refractivity contribution in [2.45, 2.75) is 49.5 Å². The fourth-order valence-corrected chi connectivity index (χ4v) is 7.08. The third-order valence-electron chi connectivity index (χ3n) is 8.30. The van der Waals surface area contributed by atoms with Gasteiger partial charge in [0.25, 0.3) is 0 Å². The molecule has 2 saturated carbocycles. The number of halogens is 2. The van der Waals surface area contributed by atoms with E-state index in [2.05, 4.69) is 16.3 Å². The minimum Gasteiger partial charge on any atom is -0.368 e. The number of nitrogens with zero attached hydrogens (tertiary/aromatic N) is 4. The van der Waals surface area contributed by atoms with Gasteiger partial charge in [0.05, 0.1) is 34.7 Å². The highest BCUT2D eigenvalue weighted by atomic mass is 32.3. The standard InChI is InChI=1S/C28H31F2N5O3S/c29-28(30)9-8-21(22(17-28)26(36)32-27(18-31)10-11-27)25-24(23-3-1-2-12-35(23)33-25)19-4-6-20(7-5-19)34-13-15-39(37,38)16-14-34/h1-7,12,21-22,37-38H,8-11,13-17H2,(H,32,36)/t21-,22-/m1/s1. The fourth-order valence-electron chi connectivity index (χ4n) is 5.85. The Labute approximate surface area is 227 Å². The van der Waals surface area contributed by atoms with Crippen LogP contribution in [0.1, 0.15) is 43.7 Å². The molecule has 1 aliphatic heterocycles. The van der Waals surface area contributed by atoms with Gasteiger partial charge in [-0.3, -0.25) is 13.9 Å². The van der Waals surface area contributed by atoms with E-state index in [1.54, 1.807) is 4.52 Å². The predicted octanol–water partition coefficient (Wildman–Crippen LogP) is 5.26. The summed E-state index contributed by atoms with van der Waals surface area (Å²) in [4.78, 5) is 15.5. The molecule has 2 atom stereocenters. The maximum Gasteiger partial charge on any atom is 0.249 e. The number of hydrogen-bond donors (Lipinski definition) is 3. The first-order valence-electron chi connectivity index (χ1n) is 13.3. The van der Waals surface area contributed by atoms with Gasteiger partial charge in [-0.05, 0) is 49.1 Å². The molecule has 0 spiro atoms. The zero-order valence-corrected chi connectivity index (χ0v) is 22.2. The van der Waals surface area contributed by atoms with E-state index in [1.807, 2.05) is 48.7 Å². The molecular formula is C28H31F2N5O3S. The summed E-state index contributed by atoms with van der Waals surface area (Å²) in [6.07, 6.45) is 2.08. The Kier molecular flexibility index (Phi) is 6.32. The van der Waals surface area contributed by atoms with Gasteiger partial charge < -0.3 is 10.2 Å². The predicted molar refractivity (Wildman–Crippen MR) is 146 cm³/mol. The summed E-state index contributed by atoms with van der Waals surface area (Å²) in [5, 5.41) is 17.0. The third-order valence-corrected chi connectivity index (χ3v) is 9.98. The van der Waals surface area contributed by atoms with Crippen LogP contribution in [0.25, 0.3) is 16.6 Å². The van der Waals surface area contributed by atoms with Gasteiger partial charge in [-0.25, -0.2) is 13.3 Å². The highest BCUT2D eigenvalue weighted by Gasteiger charge is 2.51. The van der Waals surface area contributed by atoms with Crippen LogP contribution in [0, 0.1) is 17.2 Å². The molecule has 0 unspecified atom stereocenters. The van der Waals surface area contributed by atoms with Crippen LogP contribution in [0.15, 0.2) is 48.7 Å². The van der Waals surface area contributed by atoms with Crippen LogP contribution in [0.2, 0.25) is 0 Å². The summed E-state index contributed by atoms with van der Waals surface area (Å²) in [7, 11) is -2.50. The van der Waals surface area contributed by atoms with Gasteiger partial charge in [0, 0.05) is 49.3 Å². The van der Waals surface area contributed by atoms with Crippen molar-refractivity contribution < 1.29 is 22.7 Å². The molecule has 1 amide bonds. The highest BCUT2D eigenvalue weighted by Crippen LogP contribution is 2.49. The van der Waals surface area contributed by atoms with E-state index in [-0.39, 0.29) is 12.8 Å². The topological polar surface area (TPSA) is 114 Å². The van der Waals surface area contributed by atoms with Gasteiger partial charge in [0.1, 0.15) is 5.54 Å². The Morgan fingerprint density at radius 1 is 1.10 bits per heavy atom. The summed E-state index contributed by atoms with van der Waals surface area (Å²) < 4.78 is 50.9. The fraction of sp³-hybridized carbons (Fsp3) is 0.464. The van der Waals surface area contributed by atoms with Crippen LogP contribution in [-0.2, 0) is 4.79 Å². The number of carbonyl (C=O) groups is 1. The molecule has 2 aliphatic carbocycles. The molecule has 39 heavy (non-hydrogen) atoms. The average Bonchev–Trinajstić information content (AvgIpc) is 3.58. The molecule has 1 aromatic carbocycles. The van der Waals surface area contributed by atoms with E-state index in [0.29, 0.717) is 43.1 Å². The minimum absolute atomic E-state index is 0.111. The van der Waals surface area contributed by atoms with Crippen LogP contribution in [0.4, 0.5) is 14.5 Å². The second-order valence-corrected chi connectivity index (χ2v) is 13.5. The SMILES string of the molecule is N#CC1(NC(=O)[C@@H]2CC(F)(F)CC[C@H]2c2nn3ccccc3c2-c2ccc(N3CCS(O)(O)CC3)cc2)CC1. The number of amides is 1. The first-order chi connectivity index (χ1) is 18.6. The summed E-state index contributed by atoms with van der Waals surface area (Å²) in [5.74, 6) is -4.31. The third kappa shape index (κ3) is 5.09. The van der Waals surface area contributed by atoms with Crippen LogP contribution < -0.4 is 10.2 Å². The van der Waals surface area contributed by atoms with Gasteiger partial charge in [-0.1, -0.05) is 18.2 Å². The Bertz CT molecular complexity index is 1440. The Morgan fingerprint density at radius 3 is 2.49 bits per heavy atom. The van der Waals surface area contributed by atoms with E-state index < -0.39 is 46.2 Å². The van der Waals surface area contributed by atoms with Gasteiger partial charge in [0.2, 0.25) is 11.8 Å². The maximum atomic E-state index is 14.6. The van der Waals surface area contributed by atoms with E-state index >= 15 is 0 Å². The molecule has 8 nitrogen and oxygen atoms in total. The van der Waals surface area contributed by atoms with Gasteiger partial charge in [-0.2, -0.15) is 21.0 Å². The average molecular weight is 556 g/mol. The van der Waals surface area contributed by atoms with E-state index in [4.69, 9.17) is 5.10 Å². The zero-order chi connectivity index (χ0) is 27.4. The quantitative estimate of drug-likeness (QED) is 0.396. The van der Waals surface area contributed by atoms with Crippen molar-refractivity contribution in [2.75, 3.05) is 29.5 Å². The summed E-state index contributed by atoms with van der Waals surface area (Å²) >= 11 is 0. The van der Waals surface area contributed by atoms with Crippen LogP contribution in [0.5, 0.6) is 0 Å². The number of nitriles is 1. The number of anilines is 1. The highest BCUT2D eigenvalue weighted by molar-refractivity contribution is 8.24. The largest absolute Gasteiger partial charge is 0.368 e. The normalized spacial score (nSPS) is 26.0. The summed E-state index contributed by atoms with van der Waals surface area (Å²) in [5.41, 5.74) is 3.13. The molecule has 0 radical (unpaired) electrons. The van der Waals surface area contributed by atoms with E-state index in [1.165, 1.54) is 0 Å². The first-order valence-corrected chi connectivity index (χ1v) is 15.1. The van der Waals surface area contributed by atoms with Crippen molar-refractivity contribution in [3.8, 4) is 17.2 Å². The molecule has 6 rings (SSSR count). The van der Waals surface area contributed by atoms with Gasteiger partial charge in [-0.15, -0.1) is 0 Å². The van der Waals surface area contributed by atoms with Crippen molar-refractivity contribution >= 4 is 27.7 Å². The molecular weight excluding hydrogens is 524 g/mol. The Hall–Kier alpha value is -3.20. The van der Waals surface area contributed by atoms with E-state index in [0.717, 1.165) is 22.3 Å². The number of aromatic nitrogens is 2. The number of pyridine rings is 1. The lowest BCUT2D eigenvalue weighted by Crippen LogP contribution is -2.45. The summed E-state index contributed by atoms with van der Waals surface area (Å²) in [6, 6.07) is 15.7. The number of hydrogen-bond acceptors (Lipinski definition) is 6. The van der Waals surface area contributed by atoms with E-state index in [9.17, 15) is 27.9 Å². The second kappa shape index (κ2) is 9.47. The molecule has 3 aromatic rings. The molecule has 11 heteroatoms. The molecule has 206 valence electrons. The van der Waals surface area contributed by atoms with Crippen LogP contribution in [0.3, 0.4) is 0 Å².